The Morgan fingerprint density at radius 3 is 2.52 bits per heavy atom. The van der Waals surface area contributed by atoms with Gasteiger partial charge in [-0.15, -0.1) is 0 Å². The molecule has 0 unspecified atom stereocenters. The summed E-state index contributed by atoms with van der Waals surface area (Å²) in [5.74, 6) is -0.896. The van der Waals surface area contributed by atoms with Crippen LogP contribution in [0, 0.1) is 6.92 Å². The van der Waals surface area contributed by atoms with Crippen LogP contribution in [0.15, 0.2) is 34.9 Å². The fourth-order valence-electron chi connectivity index (χ4n) is 2.23. The number of hydrogen-bond donors (Lipinski definition) is 1. The summed E-state index contributed by atoms with van der Waals surface area (Å²) in [6, 6.07) is 6.30. The largest absolute Gasteiger partial charge is 0.459 e. The van der Waals surface area contributed by atoms with Crippen molar-refractivity contribution in [1.82, 2.24) is 4.90 Å². The summed E-state index contributed by atoms with van der Waals surface area (Å²) in [7, 11) is 1.43. The van der Waals surface area contributed by atoms with E-state index in [-0.39, 0.29) is 23.1 Å². The van der Waals surface area contributed by atoms with Crippen molar-refractivity contribution in [3.05, 3.63) is 53.0 Å². The Balaban J connectivity index is 1.89. The number of fused-ring (bicyclic) bond motifs is 1. The van der Waals surface area contributed by atoms with Crippen LogP contribution in [0.4, 0.5) is 5.69 Å². The number of benzene rings is 1. The lowest BCUT2D eigenvalue weighted by Gasteiger charge is -2.05. The highest BCUT2D eigenvalue weighted by molar-refractivity contribution is 6.21. The van der Waals surface area contributed by atoms with Gasteiger partial charge in [-0.25, -0.2) is 0 Å². The molecule has 0 saturated heterocycles. The first-order valence-electron chi connectivity index (χ1n) is 6.31. The molecule has 0 spiro atoms. The third kappa shape index (κ3) is 2.01. The molecule has 1 aliphatic heterocycles. The third-order valence-corrected chi connectivity index (χ3v) is 3.42. The summed E-state index contributed by atoms with van der Waals surface area (Å²) in [5, 5.41) is 2.65. The molecule has 2 aromatic rings. The first kappa shape index (κ1) is 13.1. The minimum absolute atomic E-state index is 0.218. The molecule has 1 aliphatic rings. The highest BCUT2D eigenvalue weighted by Crippen LogP contribution is 2.25. The average Bonchev–Trinajstić information content (AvgIpc) is 2.98. The van der Waals surface area contributed by atoms with Gasteiger partial charge in [0.2, 0.25) is 0 Å². The molecule has 1 aromatic heterocycles. The van der Waals surface area contributed by atoms with E-state index in [1.807, 2.05) is 0 Å². The van der Waals surface area contributed by atoms with Gasteiger partial charge < -0.3 is 9.73 Å². The number of hydrogen-bond acceptors (Lipinski definition) is 4. The molecule has 0 radical (unpaired) electrons. The minimum atomic E-state index is -0.400. The number of anilines is 1. The van der Waals surface area contributed by atoms with Crippen molar-refractivity contribution >= 4 is 23.4 Å². The second-order valence-corrected chi connectivity index (χ2v) is 4.82. The Bertz CT molecular complexity index is 776. The van der Waals surface area contributed by atoms with Crippen LogP contribution in [0.3, 0.4) is 0 Å². The van der Waals surface area contributed by atoms with E-state index in [0.717, 1.165) is 10.5 Å². The lowest BCUT2D eigenvalue weighted by molar-refractivity contribution is 0.0692. The van der Waals surface area contributed by atoms with Crippen molar-refractivity contribution in [2.24, 2.45) is 0 Å². The first-order chi connectivity index (χ1) is 9.99. The Kier molecular flexibility index (Phi) is 2.86. The SMILES string of the molecule is Cc1ccoc1C(=O)Nc1ccc2c(c1)C(=O)N(C)C2=O. The number of rotatable bonds is 2. The van der Waals surface area contributed by atoms with Crippen LogP contribution in [0.5, 0.6) is 0 Å². The smallest absolute Gasteiger partial charge is 0.291 e. The van der Waals surface area contributed by atoms with Crippen molar-refractivity contribution in [3.8, 4) is 0 Å². The molecule has 3 rings (SSSR count). The third-order valence-electron chi connectivity index (χ3n) is 3.42. The van der Waals surface area contributed by atoms with E-state index >= 15 is 0 Å². The molecule has 0 fully saturated rings. The van der Waals surface area contributed by atoms with E-state index in [4.69, 9.17) is 4.42 Å². The molecule has 2 heterocycles. The summed E-state index contributed by atoms with van der Waals surface area (Å²) >= 11 is 0. The van der Waals surface area contributed by atoms with Crippen LogP contribution in [0.2, 0.25) is 0 Å². The number of carbonyl (C=O) groups is 3. The molecule has 1 N–H and O–H groups in total. The quantitative estimate of drug-likeness (QED) is 0.856. The molecular weight excluding hydrogens is 272 g/mol. The zero-order chi connectivity index (χ0) is 15.1. The standard InChI is InChI=1S/C15H12N2O4/c1-8-5-6-21-12(8)13(18)16-9-3-4-10-11(7-9)15(20)17(2)14(10)19/h3-7H,1-2H3,(H,16,18). The van der Waals surface area contributed by atoms with Crippen LogP contribution in [0.1, 0.15) is 36.8 Å². The lowest BCUT2D eigenvalue weighted by atomic mass is 10.1. The van der Waals surface area contributed by atoms with Gasteiger partial charge in [-0.05, 0) is 31.2 Å². The zero-order valence-corrected chi connectivity index (χ0v) is 11.5. The molecule has 0 atom stereocenters. The first-order valence-corrected chi connectivity index (χ1v) is 6.31. The minimum Gasteiger partial charge on any atom is -0.459 e. The maximum atomic E-state index is 12.0. The lowest BCUT2D eigenvalue weighted by Crippen LogP contribution is -2.24. The van der Waals surface area contributed by atoms with Gasteiger partial charge in [0.05, 0.1) is 17.4 Å². The van der Waals surface area contributed by atoms with E-state index in [1.165, 1.54) is 25.4 Å². The van der Waals surface area contributed by atoms with E-state index in [9.17, 15) is 14.4 Å². The van der Waals surface area contributed by atoms with Crippen LogP contribution in [0.25, 0.3) is 0 Å². The van der Waals surface area contributed by atoms with Gasteiger partial charge in [-0.2, -0.15) is 0 Å². The Hall–Kier alpha value is -2.89. The Morgan fingerprint density at radius 1 is 1.14 bits per heavy atom. The molecular formula is C15H12N2O4. The predicted molar refractivity (Wildman–Crippen MR) is 74.3 cm³/mol. The molecule has 6 heteroatoms. The summed E-state index contributed by atoms with van der Waals surface area (Å²) in [6.45, 7) is 1.76. The van der Waals surface area contributed by atoms with Gasteiger partial charge in [-0.3, -0.25) is 19.3 Å². The fraction of sp³-hybridized carbons (Fsp3) is 0.133. The summed E-state index contributed by atoms with van der Waals surface area (Å²) < 4.78 is 5.10. The average molecular weight is 284 g/mol. The number of imide groups is 1. The molecule has 21 heavy (non-hydrogen) atoms. The molecule has 3 amide bonds. The predicted octanol–water partition coefficient (Wildman–Crippen LogP) is 2.07. The Morgan fingerprint density at radius 2 is 1.86 bits per heavy atom. The second-order valence-electron chi connectivity index (χ2n) is 4.82. The van der Waals surface area contributed by atoms with Crippen molar-refractivity contribution in [2.45, 2.75) is 6.92 Å². The van der Waals surface area contributed by atoms with Crippen LogP contribution in [-0.4, -0.2) is 29.7 Å². The number of nitrogens with zero attached hydrogens (tertiary/aromatic N) is 1. The van der Waals surface area contributed by atoms with Crippen LogP contribution >= 0.6 is 0 Å². The highest BCUT2D eigenvalue weighted by atomic mass is 16.3. The highest BCUT2D eigenvalue weighted by Gasteiger charge is 2.32. The summed E-state index contributed by atoms with van der Waals surface area (Å²) in [5.41, 5.74) is 1.79. The fourth-order valence-corrected chi connectivity index (χ4v) is 2.23. The topological polar surface area (TPSA) is 79.6 Å². The van der Waals surface area contributed by atoms with E-state index < -0.39 is 5.91 Å². The monoisotopic (exact) mass is 284 g/mol. The van der Waals surface area contributed by atoms with E-state index in [0.29, 0.717) is 11.3 Å². The zero-order valence-electron chi connectivity index (χ0n) is 11.5. The Labute approximate surface area is 120 Å². The van der Waals surface area contributed by atoms with Gasteiger partial charge in [0.25, 0.3) is 17.7 Å². The second kappa shape index (κ2) is 4.59. The molecule has 6 nitrogen and oxygen atoms in total. The molecule has 0 bridgehead atoms. The number of amides is 3. The number of furan rings is 1. The number of carbonyl (C=O) groups excluding carboxylic acids is 3. The normalized spacial score (nSPS) is 13.5. The van der Waals surface area contributed by atoms with Gasteiger partial charge in [0.15, 0.2) is 5.76 Å². The summed E-state index contributed by atoms with van der Waals surface area (Å²) in [6.07, 6.45) is 1.43. The van der Waals surface area contributed by atoms with E-state index in [1.54, 1.807) is 19.1 Å². The van der Waals surface area contributed by atoms with Gasteiger partial charge in [0, 0.05) is 18.3 Å². The van der Waals surface area contributed by atoms with E-state index in [2.05, 4.69) is 5.32 Å². The van der Waals surface area contributed by atoms with Crippen molar-refractivity contribution < 1.29 is 18.8 Å². The van der Waals surface area contributed by atoms with Gasteiger partial charge in [0.1, 0.15) is 0 Å². The molecule has 1 aromatic carbocycles. The van der Waals surface area contributed by atoms with Crippen molar-refractivity contribution in [3.63, 3.8) is 0 Å². The summed E-state index contributed by atoms with van der Waals surface area (Å²) in [4.78, 5) is 36.8. The van der Waals surface area contributed by atoms with Crippen molar-refractivity contribution in [2.75, 3.05) is 12.4 Å². The number of nitrogens with one attached hydrogen (secondary N) is 1. The van der Waals surface area contributed by atoms with Crippen molar-refractivity contribution in [1.29, 1.82) is 0 Å². The maximum Gasteiger partial charge on any atom is 0.291 e. The van der Waals surface area contributed by atoms with Gasteiger partial charge >= 0.3 is 0 Å². The van der Waals surface area contributed by atoms with Crippen LogP contribution < -0.4 is 5.32 Å². The molecule has 0 aliphatic carbocycles. The number of aryl methyl sites for hydroxylation is 1. The maximum absolute atomic E-state index is 12.0. The molecule has 0 saturated carbocycles. The molecule has 106 valence electrons. The van der Waals surface area contributed by atoms with Gasteiger partial charge in [-0.1, -0.05) is 0 Å². The van der Waals surface area contributed by atoms with Crippen LogP contribution in [-0.2, 0) is 0 Å².